The van der Waals surface area contributed by atoms with E-state index >= 15 is 0 Å². The molecule has 2 aromatic carbocycles. The monoisotopic (exact) mass is 431 g/mol. The number of hydrogen-bond donors (Lipinski definition) is 1. The van der Waals surface area contributed by atoms with E-state index in [0.717, 1.165) is 0 Å². The highest BCUT2D eigenvalue weighted by molar-refractivity contribution is 6.34. The number of fused-ring (bicyclic) bond motifs is 1. The van der Waals surface area contributed by atoms with Gasteiger partial charge < -0.3 is 19.5 Å². The molecule has 0 atom stereocenters. The fraction of sp³-hybridized carbons (Fsp3) is 0.167. The first-order valence-electron chi connectivity index (χ1n) is 9.89. The first kappa shape index (κ1) is 21.2. The van der Waals surface area contributed by atoms with Crippen molar-refractivity contribution >= 4 is 39.5 Å². The molecule has 0 aliphatic heterocycles. The third kappa shape index (κ3) is 4.35. The Morgan fingerprint density at radius 3 is 2.62 bits per heavy atom. The molecule has 1 aromatic heterocycles. The average Bonchev–Trinajstić information content (AvgIpc) is 2.81. The Balaban J connectivity index is 1.73. The lowest BCUT2D eigenvalue weighted by Gasteiger charge is -2.16. The summed E-state index contributed by atoms with van der Waals surface area (Å²) < 4.78 is 16.3. The number of ketones is 2. The average molecular weight is 431 g/mol. The van der Waals surface area contributed by atoms with Crippen molar-refractivity contribution < 1.29 is 23.8 Å². The number of carbonyl (C=O) groups is 2. The highest BCUT2D eigenvalue weighted by Crippen LogP contribution is 2.36. The molecule has 1 aliphatic carbocycles. The molecule has 8 heteroatoms. The van der Waals surface area contributed by atoms with E-state index in [4.69, 9.17) is 14.2 Å². The molecule has 3 aromatic rings. The van der Waals surface area contributed by atoms with Crippen LogP contribution in [0.2, 0.25) is 0 Å². The molecule has 1 heterocycles. The van der Waals surface area contributed by atoms with Gasteiger partial charge in [-0.1, -0.05) is 18.2 Å². The van der Waals surface area contributed by atoms with Gasteiger partial charge in [0.2, 0.25) is 0 Å². The summed E-state index contributed by atoms with van der Waals surface area (Å²) in [6.07, 6.45) is 5.33. The number of carbonyl (C=O) groups excluding carboxylic acids is 2. The molecule has 0 bridgehead atoms. The summed E-state index contributed by atoms with van der Waals surface area (Å²) in [7, 11) is 3.16. The van der Waals surface area contributed by atoms with Gasteiger partial charge in [0.1, 0.15) is 18.8 Å². The maximum Gasteiger partial charge on any atom is 0.186 e. The van der Waals surface area contributed by atoms with Gasteiger partial charge >= 0.3 is 0 Å². The molecular formula is C24H21N3O5. The molecule has 162 valence electrons. The van der Waals surface area contributed by atoms with Crippen LogP contribution >= 0.6 is 0 Å². The molecular weight excluding hydrogens is 410 g/mol. The second-order valence-electron chi connectivity index (χ2n) is 6.91. The van der Waals surface area contributed by atoms with Crippen molar-refractivity contribution in [2.45, 2.75) is 0 Å². The Hall–Kier alpha value is -4.04. The molecule has 8 nitrogen and oxygen atoms in total. The van der Waals surface area contributed by atoms with E-state index in [0.29, 0.717) is 58.3 Å². The van der Waals surface area contributed by atoms with Gasteiger partial charge in [0.15, 0.2) is 23.1 Å². The van der Waals surface area contributed by atoms with Crippen molar-refractivity contribution in [1.82, 2.24) is 9.97 Å². The van der Waals surface area contributed by atoms with E-state index < -0.39 is 0 Å². The van der Waals surface area contributed by atoms with Gasteiger partial charge in [-0.25, -0.2) is 9.97 Å². The Labute approximate surface area is 184 Å². The zero-order chi connectivity index (χ0) is 22.5. The Morgan fingerprint density at radius 2 is 1.81 bits per heavy atom. The van der Waals surface area contributed by atoms with Crippen LogP contribution in [0.4, 0.5) is 11.5 Å². The first-order chi connectivity index (χ1) is 15.6. The smallest absolute Gasteiger partial charge is 0.186 e. The number of hydrogen-bond acceptors (Lipinski definition) is 8. The number of aromatic nitrogens is 2. The summed E-state index contributed by atoms with van der Waals surface area (Å²) in [5.41, 5.74) is 2.22. The fourth-order valence-corrected chi connectivity index (χ4v) is 3.35. The van der Waals surface area contributed by atoms with Gasteiger partial charge in [0.05, 0.1) is 19.2 Å². The number of nitrogens with one attached hydrogen (secondary N) is 1. The molecule has 0 unspecified atom stereocenters. The van der Waals surface area contributed by atoms with Crippen LogP contribution in [0.1, 0.15) is 5.56 Å². The Morgan fingerprint density at radius 1 is 0.969 bits per heavy atom. The number of nitrogens with zero attached hydrogens (tertiary/aromatic N) is 2. The highest BCUT2D eigenvalue weighted by atomic mass is 16.5. The van der Waals surface area contributed by atoms with Gasteiger partial charge in [-0.2, -0.15) is 0 Å². The molecule has 0 fully saturated rings. The van der Waals surface area contributed by atoms with E-state index in [1.165, 1.54) is 24.6 Å². The molecule has 0 saturated carbocycles. The van der Waals surface area contributed by atoms with Gasteiger partial charge in [0, 0.05) is 35.4 Å². The zero-order valence-electron chi connectivity index (χ0n) is 17.6. The molecule has 1 aliphatic rings. The Kier molecular flexibility index (Phi) is 6.23. The van der Waals surface area contributed by atoms with Crippen LogP contribution in [0, 0.1) is 0 Å². The number of ether oxygens (including phenoxy) is 3. The number of allylic oxidation sites excluding steroid dienone is 4. The first-order valence-corrected chi connectivity index (χ1v) is 9.89. The van der Waals surface area contributed by atoms with Gasteiger partial charge in [-0.05, 0) is 30.4 Å². The van der Waals surface area contributed by atoms with Gasteiger partial charge in [-0.15, -0.1) is 0 Å². The summed E-state index contributed by atoms with van der Waals surface area (Å²) >= 11 is 0. The van der Waals surface area contributed by atoms with Crippen LogP contribution in [0.15, 0.2) is 61.0 Å². The summed E-state index contributed by atoms with van der Waals surface area (Å²) in [6, 6.07) is 10.8. The largest absolute Gasteiger partial charge is 0.493 e. The minimum atomic E-state index is -0.231. The lowest BCUT2D eigenvalue weighted by molar-refractivity contribution is -0.113. The van der Waals surface area contributed by atoms with Crippen molar-refractivity contribution in [2.24, 2.45) is 0 Å². The van der Waals surface area contributed by atoms with Crippen LogP contribution in [0.3, 0.4) is 0 Å². The molecule has 0 amide bonds. The zero-order valence-corrected chi connectivity index (χ0v) is 17.6. The number of anilines is 2. The number of methoxy groups -OCH3 is 2. The van der Waals surface area contributed by atoms with Crippen molar-refractivity contribution in [1.29, 1.82) is 0 Å². The quantitative estimate of drug-likeness (QED) is 0.427. The van der Waals surface area contributed by atoms with E-state index in [-0.39, 0.29) is 11.6 Å². The molecule has 0 spiro atoms. The minimum Gasteiger partial charge on any atom is -0.493 e. The van der Waals surface area contributed by atoms with Crippen LogP contribution in [-0.2, 0) is 14.3 Å². The molecule has 4 rings (SSSR count). The van der Waals surface area contributed by atoms with Crippen LogP contribution in [-0.4, -0.2) is 49.0 Å². The maximum atomic E-state index is 12.4. The summed E-state index contributed by atoms with van der Waals surface area (Å²) in [5.74, 6) is 1.14. The second-order valence-corrected chi connectivity index (χ2v) is 6.91. The predicted molar refractivity (Wildman–Crippen MR) is 120 cm³/mol. The van der Waals surface area contributed by atoms with E-state index in [2.05, 4.69) is 15.3 Å². The SMILES string of the molecule is COCCOc1cc2ncnc(Nc3ccccc3C3=CC(=O)C=CC3=O)c2cc1OC. The van der Waals surface area contributed by atoms with Crippen LogP contribution in [0.5, 0.6) is 11.5 Å². The topological polar surface area (TPSA) is 99.6 Å². The summed E-state index contributed by atoms with van der Waals surface area (Å²) in [6.45, 7) is 0.819. The van der Waals surface area contributed by atoms with Crippen LogP contribution in [0.25, 0.3) is 16.5 Å². The van der Waals surface area contributed by atoms with Crippen molar-refractivity contribution in [2.75, 3.05) is 32.8 Å². The molecule has 1 N–H and O–H groups in total. The standard InChI is InChI=1S/C24H21N3O5/c1-30-9-10-32-23-13-20-18(12-22(23)31-2)24(26-14-25-20)27-19-6-4-3-5-16(19)17-11-15(28)7-8-21(17)29/h3-8,11-14H,9-10H2,1-2H3,(H,25,26,27). The Bertz CT molecular complexity index is 1250. The molecule has 0 saturated heterocycles. The van der Waals surface area contributed by atoms with Gasteiger partial charge in [-0.3, -0.25) is 9.59 Å². The highest BCUT2D eigenvalue weighted by Gasteiger charge is 2.19. The van der Waals surface area contributed by atoms with Crippen molar-refractivity contribution in [3.05, 3.63) is 66.5 Å². The lowest BCUT2D eigenvalue weighted by Crippen LogP contribution is -2.09. The lowest BCUT2D eigenvalue weighted by atomic mass is 9.95. The third-order valence-electron chi connectivity index (χ3n) is 4.89. The van der Waals surface area contributed by atoms with E-state index in [1.807, 2.05) is 18.2 Å². The second kappa shape index (κ2) is 9.40. The molecule has 0 radical (unpaired) electrons. The fourth-order valence-electron chi connectivity index (χ4n) is 3.35. The molecule has 32 heavy (non-hydrogen) atoms. The maximum absolute atomic E-state index is 12.4. The van der Waals surface area contributed by atoms with Crippen molar-refractivity contribution in [3.63, 3.8) is 0 Å². The normalized spacial score (nSPS) is 13.2. The van der Waals surface area contributed by atoms with Gasteiger partial charge in [0.25, 0.3) is 0 Å². The van der Waals surface area contributed by atoms with Crippen molar-refractivity contribution in [3.8, 4) is 11.5 Å². The van der Waals surface area contributed by atoms with E-state index in [9.17, 15) is 9.59 Å². The minimum absolute atomic E-state index is 0.229. The third-order valence-corrected chi connectivity index (χ3v) is 4.89. The number of benzene rings is 2. The number of rotatable bonds is 8. The summed E-state index contributed by atoms with van der Waals surface area (Å²) in [4.78, 5) is 33.0. The van der Waals surface area contributed by atoms with Crippen LogP contribution < -0.4 is 14.8 Å². The summed E-state index contributed by atoms with van der Waals surface area (Å²) in [5, 5.41) is 3.98. The predicted octanol–water partition coefficient (Wildman–Crippen LogP) is 3.50. The number of para-hydroxylation sites is 1. The van der Waals surface area contributed by atoms with E-state index in [1.54, 1.807) is 32.4 Å².